The Balaban J connectivity index is 1.64. The molecule has 0 unspecified atom stereocenters. The molecule has 0 bridgehead atoms. The molecule has 0 spiro atoms. The molecule has 1 aliphatic rings. The van der Waals surface area contributed by atoms with Crippen molar-refractivity contribution in [3.05, 3.63) is 82.2 Å². The second-order valence-electron chi connectivity index (χ2n) is 6.74. The van der Waals surface area contributed by atoms with Crippen LogP contribution in [-0.4, -0.2) is 33.4 Å². The van der Waals surface area contributed by atoms with Gasteiger partial charge in [-0.2, -0.15) is 4.31 Å². The molecule has 0 amide bonds. The number of imidazole rings is 1. The van der Waals surface area contributed by atoms with E-state index in [1.165, 1.54) is 16.8 Å². The number of benzene rings is 1. The third kappa shape index (κ3) is 3.45. The molecule has 3 heterocycles. The van der Waals surface area contributed by atoms with E-state index < -0.39 is 10.0 Å². The van der Waals surface area contributed by atoms with Crippen molar-refractivity contribution < 1.29 is 8.42 Å². The zero-order valence-corrected chi connectivity index (χ0v) is 15.8. The van der Waals surface area contributed by atoms with Gasteiger partial charge in [0.1, 0.15) is 0 Å². The normalized spacial score (nSPS) is 14.9. The predicted molar refractivity (Wildman–Crippen MR) is 101 cm³/mol. The highest BCUT2D eigenvalue weighted by Gasteiger charge is 2.30. The summed E-state index contributed by atoms with van der Waals surface area (Å²) in [6, 6.07) is 11.3. The number of pyridine rings is 1. The highest BCUT2D eigenvalue weighted by Crippen LogP contribution is 2.23. The summed E-state index contributed by atoms with van der Waals surface area (Å²) in [5, 5.41) is 0.0473. The van der Waals surface area contributed by atoms with Crippen LogP contribution in [0.3, 0.4) is 0 Å². The molecule has 0 atom stereocenters. The standard InChI is InChI=1S/C19H20N4O3S/c1-21-13-18(20-14-21)27(25,26)23-8-7-16-9-19(24)22(11-17(16)12-23)10-15-5-3-2-4-6-15/h2-6,9,11,13-14H,7-8,10,12H2,1H3. The Bertz CT molecular complexity index is 1130. The summed E-state index contributed by atoms with van der Waals surface area (Å²) in [5.41, 5.74) is 2.72. The van der Waals surface area contributed by atoms with Gasteiger partial charge in [0.2, 0.25) is 0 Å². The topological polar surface area (TPSA) is 77.2 Å². The SMILES string of the molecule is Cn1cnc(S(=O)(=O)N2CCc3cc(=O)n(Cc4ccccc4)cc3C2)c1. The van der Waals surface area contributed by atoms with Gasteiger partial charge in [-0.25, -0.2) is 13.4 Å². The third-order valence-corrected chi connectivity index (χ3v) is 6.49. The first-order valence-corrected chi connectivity index (χ1v) is 10.1. The molecular formula is C19H20N4O3S. The molecule has 3 aromatic rings. The highest BCUT2D eigenvalue weighted by molar-refractivity contribution is 7.89. The van der Waals surface area contributed by atoms with E-state index in [0.717, 1.165) is 16.7 Å². The van der Waals surface area contributed by atoms with Crippen molar-refractivity contribution in [3.8, 4) is 0 Å². The van der Waals surface area contributed by atoms with Crippen LogP contribution in [0.1, 0.15) is 16.7 Å². The van der Waals surface area contributed by atoms with E-state index in [1.807, 2.05) is 30.3 Å². The van der Waals surface area contributed by atoms with E-state index in [2.05, 4.69) is 4.98 Å². The zero-order valence-electron chi connectivity index (χ0n) is 14.9. The summed E-state index contributed by atoms with van der Waals surface area (Å²) in [6.07, 6.45) is 5.27. The Hall–Kier alpha value is -2.71. The van der Waals surface area contributed by atoms with Crippen molar-refractivity contribution in [1.82, 2.24) is 18.4 Å². The van der Waals surface area contributed by atoms with Gasteiger partial charge in [0.25, 0.3) is 15.6 Å². The molecule has 4 rings (SSSR count). The fourth-order valence-electron chi connectivity index (χ4n) is 3.31. The smallest absolute Gasteiger partial charge is 0.262 e. The van der Waals surface area contributed by atoms with E-state index in [9.17, 15) is 13.2 Å². The van der Waals surface area contributed by atoms with E-state index in [-0.39, 0.29) is 17.1 Å². The van der Waals surface area contributed by atoms with Crippen LogP contribution in [0.25, 0.3) is 0 Å². The van der Waals surface area contributed by atoms with Crippen molar-refractivity contribution in [1.29, 1.82) is 0 Å². The van der Waals surface area contributed by atoms with Crippen molar-refractivity contribution >= 4 is 10.0 Å². The van der Waals surface area contributed by atoms with Gasteiger partial charge in [0.05, 0.1) is 12.9 Å². The number of hydrogen-bond acceptors (Lipinski definition) is 4. The van der Waals surface area contributed by atoms with Gasteiger partial charge in [-0.3, -0.25) is 4.79 Å². The summed E-state index contributed by atoms with van der Waals surface area (Å²) in [7, 11) is -1.92. The maximum Gasteiger partial charge on any atom is 0.262 e. The molecule has 1 aliphatic heterocycles. The fraction of sp³-hybridized carbons (Fsp3) is 0.263. The Morgan fingerprint density at radius 1 is 1.11 bits per heavy atom. The van der Waals surface area contributed by atoms with Crippen molar-refractivity contribution in [2.24, 2.45) is 7.05 Å². The quantitative estimate of drug-likeness (QED) is 0.681. The van der Waals surface area contributed by atoms with Gasteiger partial charge in [0, 0.05) is 38.6 Å². The van der Waals surface area contributed by atoms with Crippen LogP contribution in [0.4, 0.5) is 0 Å². The number of fused-ring (bicyclic) bond motifs is 1. The Kier molecular flexibility index (Phi) is 4.45. The number of rotatable bonds is 4. The summed E-state index contributed by atoms with van der Waals surface area (Å²) in [6.45, 7) is 1.04. The van der Waals surface area contributed by atoms with Crippen LogP contribution < -0.4 is 5.56 Å². The van der Waals surface area contributed by atoms with Crippen molar-refractivity contribution in [2.75, 3.05) is 6.54 Å². The van der Waals surface area contributed by atoms with Gasteiger partial charge in [-0.1, -0.05) is 30.3 Å². The summed E-state index contributed by atoms with van der Waals surface area (Å²) in [5.74, 6) is 0. The fourth-order valence-corrected chi connectivity index (χ4v) is 4.70. The highest BCUT2D eigenvalue weighted by atomic mass is 32.2. The minimum absolute atomic E-state index is 0.0473. The van der Waals surface area contributed by atoms with Gasteiger partial charge in [-0.15, -0.1) is 0 Å². The molecular weight excluding hydrogens is 364 g/mol. The summed E-state index contributed by atoms with van der Waals surface area (Å²) >= 11 is 0. The first kappa shape index (κ1) is 17.7. The molecule has 2 aromatic heterocycles. The van der Waals surface area contributed by atoms with Crippen LogP contribution in [0.5, 0.6) is 0 Å². The largest absolute Gasteiger partial charge is 0.339 e. The van der Waals surface area contributed by atoms with Gasteiger partial charge < -0.3 is 9.13 Å². The Labute approximate surface area is 157 Å². The predicted octanol–water partition coefficient (Wildman–Crippen LogP) is 1.38. The van der Waals surface area contributed by atoms with Crippen molar-refractivity contribution in [3.63, 3.8) is 0 Å². The Morgan fingerprint density at radius 3 is 2.59 bits per heavy atom. The Morgan fingerprint density at radius 2 is 1.89 bits per heavy atom. The third-order valence-electron chi connectivity index (χ3n) is 4.76. The van der Waals surface area contributed by atoms with E-state index >= 15 is 0 Å². The molecule has 0 saturated carbocycles. The summed E-state index contributed by atoms with van der Waals surface area (Å²) in [4.78, 5) is 16.4. The molecule has 8 heteroatoms. The van der Waals surface area contributed by atoms with E-state index in [4.69, 9.17) is 0 Å². The first-order valence-electron chi connectivity index (χ1n) is 8.68. The molecule has 0 saturated heterocycles. The number of aryl methyl sites for hydroxylation is 1. The molecule has 140 valence electrons. The number of sulfonamides is 1. The number of aromatic nitrogens is 3. The molecule has 1 aromatic carbocycles. The number of nitrogens with zero attached hydrogens (tertiary/aromatic N) is 4. The minimum atomic E-state index is -3.65. The monoisotopic (exact) mass is 384 g/mol. The van der Waals surface area contributed by atoms with Crippen LogP contribution in [0.2, 0.25) is 0 Å². The van der Waals surface area contributed by atoms with Gasteiger partial charge >= 0.3 is 0 Å². The lowest BCUT2D eigenvalue weighted by Crippen LogP contribution is -2.37. The van der Waals surface area contributed by atoms with Gasteiger partial charge in [-0.05, 0) is 23.1 Å². The summed E-state index contributed by atoms with van der Waals surface area (Å²) < 4.78 is 30.3. The lowest BCUT2D eigenvalue weighted by Gasteiger charge is -2.27. The molecule has 7 nitrogen and oxygen atoms in total. The zero-order chi connectivity index (χ0) is 19.0. The molecule has 0 N–H and O–H groups in total. The minimum Gasteiger partial charge on any atom is -0.339 e. The first-order chi connectivity index (χ1) is 12.9. The van der Waals surface area contributed by atoms with Gasteiger partial charge in [0.15, 0.2) is 5.03 Å². The molecule has 0 aliphatic carbocycles. The maximum atomic E-state index is 12.8. The average Bonchev–Trinajstić information content (AvgIpc) is 3.10. The van der Waals surface area contributed by atoms with Crippen LogP contribution in [0.15, 0.2) is 64.9 Å². The molecule has 27 heavy (non-hydrogen) atoms. The average molecular weight is 384 g/mol. The second kappa shape index (κ2) is 6.79. The molecule has 0 fully saturated rings. The van der Waals surface area contributed by atoms with Crippen LogP contribution in [0, 0.1) is 0 Å². The molecule has 0 radical (unpaired) electrons. The lowest BCUT2D eigenvalue weighted by molar-refractivity contribution is 0.387. The number of hydrogen-bond donors (Lipinski definition) is 0. The van der Waals surface area contributed by atoms with Crippen molar-refractivity contribution in [2.45, 2.75) is 24.5 Å². The lowest BCUT2D eigenvalue weighted by atomic mass is 10.0. The van der Waals surface area contributed by atoms with Crippen LogP contribution >= 0.6 is 0 Å². The second-order valence-corrected chi connectivity index (χ2v) is 8.63. The van der Waals surface area contributed by atoms with E-state index in [0.29, 0.717) is 19.5 Å². The van der Waals surface area contributed by atoms with E-state index in [1.54, 1.807) is 28.4 Å². The maximum absolute atomic E-state index is 12.8. The van der Waals surface area contributed by atoms with Crippen LogP contribution in [-0.2, 0) is 36.6 Å².